The van der Waals surface area contributed by atoms with E-state index in [1.807, 2.05) is 47.6 Å². The molecule has 0 radical (unpaired) electrons. The van der Waals surface area contributed by atoms with Gasteiger partial charge in [-0.2, -0.15) is 0 Å². The van der Waals surface area contributed by atoms with Gasteiger partial charge >= 0.3 is 5.97 Å². The lowest BCUT2D eigenvalue weighted by Crippen LogP contribution is -2.38. The molecule has 0 saturated carbocycles. The van der Waals surface area contributed by atoms with E-state index >= 15 is 4.39 Å². The molecule has 172 valence electrons. The SMILES string of the molecule is CC(=Cc1c(C)c(C)c(-c2ccc(NC(C)C)cc2F)c(C)c1C)C(=O)N[C@H](C)C(=O)O. The Kier molecular flexibility index (Phi) is 7.83. The van der Waals surface area contributed by atoms with E-state index in [0.717, 1.165) is 39.1 Å². The van der Waals surface area contributed by atoms with Gasteiger partial charge in [0.2, 0.25) is 5.91 Å². The van der Waals surface area contributed by atoms with Crippen LogP contribution in [0.3, 0.4) is 0 Å². The number of nitrogens with one attached hydrogen (secondary N) is 2. The third kappa shape index (κ3) is 5.36. The highest BCUT2D eigenvalue weighted by molar-refractivity contribution is 5.99. The molecule has 0 aliphatic rings. The normalized spacial score (nSPS) is 12.6. The molecule has 0 fully saturated rings. The summed E-state index contributed by atoms with van der Waals surface area (Å²) >= 11 is 0. The van der Waals surface area contributed by atoms with E-state index < -0.39 is 17.9 Å². The summed E-state index contributed by atoms with van der Waals surface area (Å²) in [4.78, 5) is 23.4. The van der Waals surface area contributed by atoms with Crippen LogP contribution in [0.4, 0.5) is 10.1 Å². The number of hydrogen-bond donors (Lipinski definition) is 3. The van der Waals surface area contributed by atoms with Gasteiger partial charge in [-0.15, -0.1) is 0 Å². The van der Waals surface area contributed by atoms with Crippen molar-refractivity contribution in [3.05, 3.63) is 57.4 Å². The Morgan fingerprint density at radius 2 is 1.56 bits per heavy atom. The Hall–Kier alpha value is -3.15. The van der Waals surface area contributed by atoms with Crippen LogP contribution in [0.25, 0.3) is 17.2 Å². The van der Waals surface area contributed by atoms with Crippen molar-refractivity contribution in [2.45, 2.75) is 67.5 Å². The summed E-state index contributed by atoms with van der Waals surface area (Å²) in [5.74, 6) is -1.81. The van der Waals surface area contributed by atoms with Gasteiger partial charge in [0.25, 0.3) is 0 Å². The smallest absolute Gasteiger partial charge is 0.325 e. The number of hydrogen-bond acceptors (Lipinski definition) is 3. The van der Waals surface area contributed by atoms with Gasteiger partial charge < -0.3 is 15.7 Å². The maximum Gasteiger partial charge on any atom is 0.325 e. The molecule has 2 aromatic carbocycles. The highest BCUT2D eigenvalue weighted by Gasteiger charge is 2.20. The van der Waals surface area contributed by atoms with Crippen LogP contribution >= 0.6 is 0 Å². The van der Waals surface area contributed by atoms with Crippen molar-refractivity contribution < 1.29 is 19.1 Å². The largest absolute Gasteiger partial charge is 0.480 e. The second-order valence-corrected chi connectivity index (χ2v) is 8.64. The monoisotopic (exact) mass is 440 g/mol. The van der Waals surface area contributed by atoms with Crippen LogP contribution < -0.4 is 10.6 Å². The minimum absolute atomic E-state index is 0.207. The molecule has 2 rings (SSSR count). The third-order valence-electron chi connectivity index (χ3n) is 5.81. The number of aliphatic carboxylic acids is 1. The Morgan fingerprint density at radius 3 is 2.03 bits per heavy atom. The maximum atomic E-state index is 15.1. The summed E-state index contributed by atoms with van der Waals surface area (Å²) in [6.07, 6.45) is 1.77. The van der Waals surface area contributed by atoms with Crippen molar-refractivity contribution in [2.75, 3.05) is 5.32 Å². The Morgan fingerprint density at radius 1 is 1.00 bits per heavy atom. The second-order valence-electron chi connectivity index (χ2n) is 8.64. The first-order valence-corrected chi connectivity index (χ1v) is 10.7. The highest BCUT2D eigenvalue weighted by Crippen LogP contribution is 2.37. The fraction of sp³-hybridized carbons (Fsp3) is 0.385. The molecule has 0 aromatic heterocycles. The molecule has 2 aromatic rings. The van der Waals surface area contributed by atoms with Gasteiger partial charge in [0, 0.05) is 22.9 Å². The Bertz CT molecular complexity index is 1060. The lowest BCUT2D eigenvalue weighted by atomic mass is 9.85. The first kappa shape index (κ1) is 25.1. The van der Waals surface area contributed by atoms with E-state index in [1.165, 1.54) is 13.0 Å². The van der Waals surface area contributed by atoms with Crippen molar-refractivity contribution in [2.24, 2.45) is 0 Å². The predicted octanol–water partition coefficient (Wildman–Crippen LogP) is 5.54. The number of benzene rings is 2. The third-order valence-corrected chi connectivity index (χ3v) is 5.81. The lowest BCUT2D eigenvalue weighted by Gasteiger charge is -2.21. The highest BCUT2D eigenvalue weighted by atomic mass is 19.1. The van der Waals surface area contributed by atoms with Crippen molar-refractivity contribution in [3.63, 3.8) is 0 Å². The molecular weight excluding hydrogens is 407 g/mol. The molecule has 5 nitrogen and oxygen atoms in total. The molecule has 0 aliphatic heterocycles. The van der Waals surface area contributed by atoms with Crippen LogP contribution in [-0.2, 0) is 9.59 Å². The van der Waals surface area contributed by atoms with Gasteiger partial charge in [-0.05, 0) is 113 Å². The van der Waals surface area contributed by atoms with E-state index in [0.29, 0.717) is 11.1 Å². The van der Waals surface area contributed by atoms with Crippen LogP contribution in [0, 0.1) is 33.5 Å². The van der Waals surface area contributed by atoms with E-state index in [-0.39, 0.29) is 11.9 Å². The van der Waals surface area contributed by atoms with E-state index in [4.69, 9.17) is 5.11 Å². The zero-order valence-corrected chi connectivity index (χ0v) is 20.1. The summed E-state index contributed by atoms with van der Waals surface area (Å²) in [6.45, 7) is 14.9. The minimum Gasteiger partial charge on any atom is -0.480 e. The minimum atomic E-state index is -1.09. The van der Waals surface area contributed by atoms with Crippen LogP contribution in [0.1, 0.15) is 55.5 Å². The number of carboxylic acid groups (broad SMARTS) is 1. The molecule has 3 N–H and O–H groups in total. The molecule has 0 aliphatic carbocycles. The first-order chi connectivity index (χ1) is 14.8. The summed E-state index contributed by atoms with van der Waals surface area (Å²) in [5.41, 5.74) is 7.21. The summed E-state index contributed by atoms with van der Waals surface area (Å²) in [5, 5.41) is 14.7. The zero-order chi connectivity index (χ0) is 24.3. The average Bonchev–Trinajstić information content (AvgIpc) is 2.70. The number of carbonyl (C=O) groups excluding carboxylic acids is 1. The summed E-state index contributed by atoms with van der Waals surface area (Å²) in [7, 11) is 0. The fourth-order valence-corrected chi connectivity index (χ4v) is 3.76. The first-order valence-electron chi connectivity index (χ1n) is 10.7. The molecule has 0 unspecified atom stereocenters. The number of anilines is 1. The summed E-state index contributed by atoms with van der Waals surface area (Å²) in [6, 6.07) is 4.43. The van der Waals surface area contributed by atoms with Gasteiger partial charge in [-0.1, -0.05) is 0 Å². The van der Waals surface area contributed by atoms with Crippen molar-refractivity contribution in [3.8, 4) is 11.1 Å². The van der Waals surface area contributed by atoms with Crippen LogP contribution in [-0.4, -0.2) is 29.1 Å². The summed E-state index contributed by atoms with van der Waals surface area (Å²) < 4.78 is 15.1. The van der Waals surface area contributed by atoms with E-state index in [1.54, 1.807) is 19.1 Å². The predicted molar refractivity (Wildman–Crippen MR) is 128 cm³/mol. The zero-order valence-electron chi connectivity index (χ0n) is 20.1. The topological polar surface area (TPSA) is 78.4 Å². The Labute approximate surface area is 189 Å². The molecule has 1 atom stereocenters. The van der Waals surface area contributed by atoms with E-state index in [9.17, 15) is 9.59 Å². The number of carbonyl (C=O) groups is 2. The van der Waals surface area contributed by atoms with Crippen LogP contribution in [0.2, 0.25) is 0 Å². The van der Waals surface area contributed by atoms with Crippen molar-refractivity contribution in [1.29, 1.82) is 0 Å². The molecule has 0 saturated heterocycles. The molecule has 1 amide bonds. The Balaban J connectivity index is 2.53. The molecule has 6 heteroatoms. The quantitative estimate of drug-likeness (QED) is 0.494. The molecule has 0 heterocycles. The fourth-order valence-electron chi connectivity index (χ4n) is 3.76. The molecule has 0 spiro atoms. The van der Waals surface area contributed by atoms with Gasteiger partial charge in [0.1, 0.15) is 11.9 Å². The van der Waals surface area contributed by atoms with Gasteiger partial charge in [-0.25, -0.2) is 4.39 Å². The van der Waals surface area contributed by atoms with Crippen molar-refractivity contribution >= 4 is 23.6 Å². The maximum absolute atomic E-state index is 15.1. The van der Waals surface area contributed by atoms with Crippen LogP contribution in [0.5, 0.6) is 0 Å². The van der Waals surface area contributed by atoms with Gasteiger partial charge in [-0.3, -0.25) is 9.59 Å². The lowest BCUT2D eigenvalue weighted by molar-refractivity contribution is -0.140. The average molecular weight is 441 g/mol. The molecule has 32 heavy (non-hydrogen) atoms. The standard InChI is InChI=1S/C26H33FN2O3/c1-13(2)28-20-9-10-21(23(27)12-20)24-17(6)15(4)22(16(5)18(24)7)11-14(3)25(30)29-19(8)26(31)32/h9-13,19,28H,1-8H3,(H,29,30)(H,31,32)/t19-/m1/s1. The number of carboxylic acids is 1. The number of rotatable bonds is 7. The number of amides is 1. The van der Waals surface area contributed by atoms with Gasteiger partial charge in [0.15, 0.2) is 0 Å². The van der Waals surface area contributed by atoms with Crippen molar-refractivity contribution in [1.82, 2.24) is 5.32 Å². The van der Waals surface area contributed by atoms with E-state index in [2.05, 4.69) is 10.6 Å². The molecular formula is C26H33FN2O3. The van der Waals surface area contributed by atoms with Gasteiger partial charge in [0.05, 0.1) is 0 Å². The number of halogens is 1. The molecule has 0 bridgehead atoms. The van der Waals surface area contributed by atoms with Crippen LogP contribution in [0.15, 0.2) is 23.8 Å². The second kappa shape index (κ2) is 9.98.